The fraction of sp³-hybridized carbons (Fsp3) is 0.379. The highest BCUT2D eigenvalue weighted by molar-refractivity contribution is 5.93. The molecule has 5 nitrogen and oxygen atoms in total. The van der Waals surface area contributed by atoms with Crippen molar-refractivity contribution < 1.29 is 44.8 Å². The number of ether oxygens (including phenoxy) is 1. The van der Waals surface area contributed by atoms with Crippen molar-refractivity contribution in [2.24, 2.45) is 0 Å². The molecule has 0 spiro atoms. The maximum absolute atomic E-state index is 13.8. The van der Waals surface area contributed by atoms with Crippen LogP contribution in [-0.2, 0) is 21.9 Å². The minimum atomic E-state index is -5.01. The maximum Gasteiger partial charge on any atom is 0.416 e. The first-order valence-electron chi connectivity index (χ1n) is 12.8. The molecule has 0 aliphatic carbocycles. The number of amides is 1. The van der Waals surface area contributed by atoms with Crippen molar-refractivity contribution in [3.63, 3.8) is 0 Å². The van der Waals surface area contributed by atoms with Crippen molar-refractivity contribution in [2.75, 3.05) is 6.54 Å². The van der Waals surface area contributed by atoms with Gasteiger partial charge in [0.25, 0.3) is 0 Å². The van der Waals surface area contributed by atoms with Gasteiger partial charge in [-0.05, 0) is 67.8 Å². The van der Waals surface area contributed by atoms with Gasteiger partial charge in [0, 0.05) is 18.0 Å². The van der Waals surface area contributed by atoms with Crippen LogP contribution in [-0.4, -0.2) is 34.7 Å². The zero-order valence-corrected chi connectivity index (χ0v) is 22.1. The third kappa shape index (κ3) is 5.61. The van der Waals surface area contributed by atoms with Gasteiger partial charge in [0.15, 0.2) is 0 Å². The van der Waals surface area contributed by atoms with Crippen LogP contribution in [0.25, 0.3) is 5.57 Å². The lowest BCUT2D eigenvalue weighted by molar-refractivity contribution is -0.143. The number of aryl methyl sites for hydroxylation is 2. The van der Waals surface area contributed by atoms with Crippen LogP contribution >= 0.6 is 0 Å². The number of fused-ring (bicyclic) bond motifs is 1. The summed E-state index contributed by atoms with van der Waals surface area (Å²) in [5, 5.41) is 3.96. The molecular weight excluding hydrogens is 557 g/mol. The molecule has 0 bridgehead atoms. The van der Waals surface area contributed by atoms with Gasteiger partial charge in [-0.1, -0.05) is 23.4 Å². The zero-order chi connectivity index (χ0) is 29.9. The molecule has 5 rings (SSSR count). The highest BCUT2D eigenvalue weighted by Gasteiger charge is 2.47. The minimum absolute atomic E-state index is 0.0341. The van der Waals surface area contributed by atoms with Gasteiger partial charge in [0.1, 0.15) is 11.6 Å². The van der Waals surface area contributed by atoms with E-state index >= 15 is 0 Å². The molecule has 3 aromatic rings. The number of halogens is 7. The van der Waals surface area contributed by atoms with Gasteiger partial charge in [-0.2, -0.15) is 26.3 Å². The predicted octanol–water partition coefficient (Wildman–Crippen LogP) is 7.40. The predicted molar refractivity (Wildman–Crippen MR) is 133 cm³/mol. The molecular formula is C29H25F7N2O3. The van der Waals surface area contributed by atoms with E-state index in [1.54, 1.807) is 18.7 Å². The van der Waals surface area contributed by atoms with E-state index in [9.17, 15) is 35.5 Å². The number of carbonyl (C=O) groups excluding carboxylic acids is 1. The average molecular weight is 583 g/mol. The topological polar surface area (TPSA) is 55.6 Å². The number of carbonyl (C=O) groups is 1. The standard InChI is InChI=1S/C29H25F7N2O3/c1-14-26(16(3)41-37-14)19-10-23-27(17-4-6-22(30)7-5-17)24(13-38(23)25(39)11-19)40-15(2)18-8-20(28(31,32)33)12-21(9-18)29(34,35)36/h4-10,12,15,23-24,27H,11,13H2,1-3H3/t15-,23?,24?,27+/m1/s1. The molecule has 12 heteroatoms. The average Bonchev–Trinajstić information content (AvgIpc) is 3.42. The highest BCUT2D eigenvalue weighted by Crippen LogP contribution is 2.44. The van der Waals surface area contributed by atoms with Crippen LogP contribution in [0.4, 0.5) is 30.7 Å². The largest absolute Gasteiger partial charge is 0.416 e. The normalized spacial score (nSPS) is 22.1. The van der Waals surface area contributed by atoms with Gasteiger partial charge in [0.2, 0.25) is 5.91 Å². The summed E-state index contributed by atoms with van der Waals surface area (Å²) in [6, 6.07) is 6.29. The molecule has 1 amide bonds. The van der Waals surface area contributed by atoms with E-state index in [0.717, 1.165) is 0 Å². The smallest absolute Gasteiger partial charge is 0.368 e. The van der Waals surface area contributed by atoms with Crippen molar-refractivity contribution in [3.05, 3.63) is 93.6 Å². The van der Waals surface area contributed by atoms with Crippen molar-refractivity contribution in [2.45, 2.75) is 63.7 Å². The second kappa shape index (κ2) is 10.3. The van der Waals surface area contributed by atoms with Crippen molar-refractivity contribution in [1.29, 1.82) is 0 Å². The van der Waals surface area contributed by atoms with E-state index in [1.165, 1.54) is 31.2 Å². The van der Waals surface area contributed by atoms with Crippen molar-refractivity contribution >= 4 is 11.5 Å². The summed E-state index contributed by atoms with van der Waals surface area (Å²) in [4.78, 5) is 14.9. The number of hydrogen-bond donors (Lipinski definition) is 0. The Morgan fingerprint density at radius 1 is 1.00 bits per heavy atom. The Labute approximate surface area is 230 Å². The molecule has 1 aromatic heterocycles. The van der Waals surface area contributed by atoms with Crippen LogP contribution in [0.2, 0.25) is 0 Å². The van der Waals surface area contributed by atoms with Crippen LogP contribution in [0, 0.1) is 19.7 Å². The van der Waals surface area contributed by atoms with Gasteiger partial charge in [-0.15, -0.1) is 0 Å². The Morgan fingerprint density at radius 2 is 1.61 bits per heavy atom. The first kappa shape index (κ1) is 28.8. The summed E-state index contributed by atoms with van der Waals surface area (Å²) in [5.74, 6) is -0.801. The fourth-order valence-corrected chi connectivity index (χ4v) is 5.73. The molecule has 218 valence electrons. The summed E-state index contributed by atoms with van der Waals surface area (Å²) >= 11 is 0. The Kier molecular flexibility index (Phi) is 7.25. The lowest BCUT2D eigenvalue weighted by Crippen LogP contribution is -2.39. The molecule has 0 saturated carbocycles. The van der Waals surface area contributed by atoms with Crippen LogP contribution in [0.3, 0.4) is 0 Å². The second-order valence-corrected chi connectivity index (χ2v) is 10.3. The lowest BCUT2D eigenvalue weighted by Gasteiger charge is -2.31. The van der Waals surface area contributed by atoms with E-state index in [4.69, 9.17) is 9.26 Å². The Hall–Kier alpha value is -3.67. The summed E-state index contributed by atoms with van der Waals surface area (Å²) < 4.78 is 106. The fourth-order valence-electron chi connectivity index (χ4n) is 5.73. The third-order valence-electron chi connectivity index (χ3n) is 7.61. The minimum Gasteiger partial charge on any atom is -0.368 e. The number of benzene rings is 2. The van der Waals surface area contributed by atoms with E-state index in [-0.39, 0.29) is 30.5 Å². The molecule has 2 unspecified atom stereocenters. The van der Waals surface area contributed by atoms with Gasteiger partial charge in [0.05, 0.1) is 41.5 Å². The van der Waals surface area contributed by atoms with E-state index < -0.39 is 53.5 Å². The van der Waals surface area contributed by atoms with Crippen molar-refractivity contribution in [1.82, 2.24) is 10.1 Å². The number of rotatable bonds is 5. The first-order valence-corrected chi connectivity index (χ1v) is 12.8. The van der Waals surface area contributed by atoms with E-state index in [1.807, 2.05) is 6.08 Å². The maximum atomic E-state index is 13.8. The Morgan fingerprint density at radius 3 is 2.15 bits per heavy atom. The molecule has 41 heavy (non-hydrogen) atoms. The van der Waals surface area contributed by atoms with Crippen LogP contribution in [0.5, 0.6) is 0 Å². The summed E-state index contributed by atoms with van der Waals surface area (Å²) in [6.45, 7) is 4.86. The zero-order valence-electron chi connectivity index (χ0n) is 22.1. The molecule has 1 saturated heterocycles. The van der Waals surface area contributed by atoms with Gasteiger partial charge < -0.3 is 14.2 Å². The summed E-state index contributed by atoms with van der Waals surface area (Å²) in [7, 11) is 0. The van der Waals surface area contributed by atoms with E-state index in [2.05, 4.69) is 5.16 Å². The van der Waals surface area contributed by atoms with Crippen LogP contribution in [0.15, 0.2) is 53.1 Å². The van der Waals surface area contributed by atoms with Crippen molar-refractivity contribution in [3.8, 4) is 0 Å². The van der Waals surface area contributed by atoms with Crippen LogP contribution in [0.1, 0.15) is 64.6 Å². The first-order chi connectivity index (χ1) is 19.1. The molecule has 2 aliphatic rings. The molecule has 3 heterocycles. The molecule has 2 aromatic carbocycles. The molecule has 2 aliphatic heterocycles. The quantitative estimate of drug-likeness (QED) is 0.295. The van der Waals surface area contributed by atoms with E-state index in [0.29, 0.717) is 40.3 Å². The summed E-state index contributed by atoms with van der Waals surface area (Å²) in [5.41, 5.74) is -0.637. The number of hydrogen-bond acceptors (Lipinski definition) is 4. The number of aromatic nitrogens is 1. The molecule has 0 N–H and O–H groups in total. The molecule has 4 atom stereocenters. The van der Waals surface area contributed by atoms with Gasteiger partial charge in [-0.3, -0.25) is 4.79 Å². The second-order valence-electron chi connectivity index (χ2n) is 10.3. The summed E-state index contributed by atoms with van der Waals surface area (Å²) in [6.07, 6.45) is -10.1. The van der Waals surface area contributed by atoms with Crippen LogP contribution < -0.4 is 0 Å². The number of nitrogens with zero attached hydrogens (tertiary/aromatic N) is 2. The van der Waals surface area contributed by atoms with Gasteiger partial charge in [-0.25, -0.2) is 4.39 Å². The lowest BCUT2D eigenvalue weighted by atomic mass is 9.85. The molecule has 1 fully saturated rings. The Balaban J connectivity index is 1.54. The monoisotopic (exact) mass is 582 g/mol. The SMILES string of the molecule is Cc1noc(C)c1C1=CC2[C@H](c3ccc(F)cc3)C(O[C@H](C)c3cc(C(F)(F)F)cc(C(F)(F)F)c3)CN2C(=O)C1. The molecule has 0 radical (unpaired) electrons. The highest BCUT2D eigenvalue weighted by atomic mass is 19.4. The Bertz CT molecular complexity index is 1440. The number of alkyl halides is 6. The third-order valence-corrected chi connectivity index (χ3v) is 7.61. The van der Waals surface area contributed by atoms with Gasteiger partial charge >= 0.3 is 12.4 Å².